The number of hydrogen-bond donors (Lipinski definition) is 2. The minimum Gasteiger partial charge on any atom is -0.364 e. The number of nitrogens with two attached hydrogens (primary N) is 1. The molecule has 0 saturated carbocycles. The van der Waals surface area contributed by atoms with Crippen molar-refractivity contribution in [2.24, 2.45) is 5.73 Å². The number of aryl methyl sites for hydroxylation is 1. The van der Waals surface area contributed by atoms with Crippen LogP contribution in [0.2, 0.25) is 0 Å². The lowest BCUT2D eigenvalue weighted by Gasteiger charge is -2.24. The first-order valence-corrected chi connectivity index (χ1v) is 8.46. The molecule has 0 radical (unpaired) electrons. The summed E-state index contributed by atoms with van der Waals surface area (Å²) < 4.78 is 15.3. The lowest BCUT2D eigenvalue weighted by Crippen LogP contribution is -2.41. The third-order valence-electron chi connectivity index (χ3n) is 4.40. The van der Waals surface area contributed by atoms with Gasteiger partial charge in [0, 0.05) is 12.1 Å². The van der Waals surface area contributed by atoms with E-state index in [1.54, 1.807) is 6.07 Å². The van der Waals surface area contributed by atoms with Gasteiger partial charge in [-0.25, -0.2) is 13.9 Å². The lowest BCUT2D eigenvalue weighted by molar-refractivity contribution is 0.0995. The first-order valence-electron chi connectivity index (χ1n) is 8.46. The van der Waals surface area contributed by atoms with Gasteiger partial charge in [-0.1, -0.05) is 24.3 Å². The van der Waals surface area contributed by atoms with E-state index in [2.05, 4.69) is 15.6 Å². The smallest absolute Gasteiger partial charge is 0.322 e. The first kappa shape index (κ1) is 17.8. The third-order valence-corrected chi connectivity index (χ3v) is 4.40. The third kappa shape index (κ3) is 3.98. The molecular formula is C17H21FN6O2. The summed E-state index contributed by atoms with van der Waals surface area (Å²) in [6.07, 6.45) is 1.35. The monoisotopic (exact) mass is 360 g/mol. The Morgan fingerprint density at radius 3 is 2.92 bits per heavy atom. The highest BCUT2D eigenvalue weighted by atomic mass is 19.1. The summed E-state index contributed by atoms with van der Waals surface area (Å²) in [5, 5.41) is 10.3. The van der Waals surface area contributed by atoms with Crippen LogP contribution in [0.5, 0.6) is 0 Å². The molecule has 2 atom stereocenters. The number of nitrogens with zero attached hydrogens (tertiary/aromatic N) is 4. The van der Waals surface area contributed by atoms with Gasteiger partial charge in [-0.15, -0.1) is 5.10 Å². The van der Waals surface area contributed by atoms with E-state index in [1.165, 1.54) is 15.8 Å². The largest absolute Gasteiger partial charge is 0.364 e. The second-order valence-corrected chi connectivity index (χ2v) is 6.31. The summed E-state index contributed by atoms with van der Waals surface area (Å²) in [6.45, 7) is 2.29. The zero-order valence-electron chi connectivity index (χ0n) is 14.4. The summed E-state index contributed by atoms with van der Waals surface area (Å²) in [5.74, 6) is -0.684. The molecule has 9 heteroatoms. The Morgan fingerprint density at radius 2 is 2.23 bits per heavy atom. The molecule has 0 aliphatic carbocycles. The maximum atomic E-state index is 13.9. The van der Waals surface area contributed by atoms with Crippen molar-refractivity contribution in [2.45, 2.75) is 38.5 Å². The molecule has 3 N–H and O–H groups in total. The second kappa shape index (κ2) is 7.51. The van der Waals surface area contributed by atoms with E-state index >= 15 is 0 Å². The van der Waals surface area contributed by atoms with Crippen molar-refractivity contribution in [1.29, 1.82) is 0 Å². The number of aromatic nitrogens is 3. The molecule has 0 spiro atoms. The topological polar surface area (TPSA) is 106 Å². The Labute approximate surface area is 150 Å². The maximum absolute atomic E-state index is 13.9. The SMILES string of the molecule is CCc1cccc(NC(=O)N2C[C@@H](F)C[C@H]2Cn2cc(C(N)=O)nn2)c1. The van der Waals surface area contributed by atoms with E-state index in [9.17, 15) is 14.0 Å². The van der Waals surface area contributed by atoms with Crippen LogP contribution in [0.15, 0.2) is 30.5 Å². The van der Waals surface area contributed by atoms with Gasteiger partial charge in [-0.3, -0.25) is 4.79 Å². The van der Waals surface area contributed by atoms with Crippen LogP contribution in [0.3, 0.4) is 0 Å². The number of nitrogens with one attached hydrogen (secondary N) is 1. The summed E-state index contributed by atoms with van der Waals surface area (Å²) in [4.78, 5) is 25.2. The Morgan fingerprint density at radius 1 is 1.42 bits per heavy atom. The van der Waals surface area contributed by atoms with E-state index in [-0.39, 0.29) is 37.3 Å². The Balaban J connectivity index is 1.69. The van der Waals surface area contributed by atoms with Crippen molar-refractivity contribution in [2.75, 3.05) is 11.9 Å². The van der Waals surface area contributed by atoms with E-state index in [0.717, 1.165) is 12.0 Å². The molecule has 1 aliphatic heterocycles. The predicted octanol–water partition coefficient (Wildman–Crippen LogP) is 1.58. The van der Waals surface area contributed by atoms with Crippen molar-refractivity contribution < 1.29 is 14.0 Å². The first-order chi connectivity index (χ1) is 12.5. The van der Waals surface area contributed by atoms with Crippen LogP contribution < -0.4 is 11.1 Å². The minimum atomic E-state index is -1.10. The van der Waals surface area contributed by atoms with Crippen molar-refractivity contribution >= 4 is 17.6 Å². The van der Waals surface area contributed by atoms with Crippen LogP contribution in [0.4, 0.5) is 14.9 Å². The molecule has 0 unspecified atom stereocenters. The number of rotatable bonds is 5. The van der Waals surface area contributed by atoms with Crippen molar-refractivity contribution in [3.8, 4) is 0 Å². The van der Waals surface area contributed by atoms with Gasteiger partial charge in [0.25, 0.3) is 5.91 Å². The van der Waals surface area contributed by atoms with Crippen LogP contribution in [0.1, 0.15) is 29.4 Å². The minimum absolute atomic E-state index is 0.0152. The number of halogens is 1. The molecule has 2 aromatic rings. The molecule has 3 rings (SSSR count). The molecule has 2 heterocycles. The number of primary amides is 1. The van der Waals surface area contributed by atoms with Gasteiger partial charge >= 0.3 is 6.03 Å². The summed E-state index contributed by atoms with van der Waals surface area (Å²) in [6, 6.07) is 6.79. The molecule has 1 saturated heterocycles. The predicted molar refractivity (Wildman–Crippen MR) is 93.4 cm³/mol. The highest BCUT2D eigenvalue weighted by Gasteiger charge is 2.36. The van der Waals surface area contributed by atoms with Crippen LogP contribution in [-0.4, -0.2) is 50.6 Å². The zero-order chi connectivity index (χ0) is 18.7. The van der Waals surface area contributed by atoms with E-state index in [0.29, 0.717) is 5.69 Å². The number of urea groups is 1. The molecule has 1 aromatic heterocycles. The summed E-state index contributed by atoms with van der Waals surface area (Å²) in [5.41, 5.74) is 6.96. The molecule has 3 amide bonds. The van der Waals surface area contributed by atoms with Crippen molar-refractivity contribution in [3.63, 3.8) is 0 Å². The molecule has 0 bridgehead atoms. The Kier molecular flexibility index (Phi) is 5.15. The van der Waals surface area contributed by atoms with Gasteiger partial charge in [0.15, 0.2) is 5.69 Å². The zero-order valence-corrected chi connectivity index (χ0v) is 14.4. The number of benzene rings is 1. The van der Waals surface area contributed by atoms with Gasteiger partial charge in [-0.05, 0) is 24.1 Å². The average Bonchev–Trinajstić information content (AvgIpc) is 3.22. The second-order valence-electron chi connectivity index (χ2n) is 6.31. The Bertz CT molecular complexity index is 808. The van der Waals surface area contributed by atoms with Crippen LogP contribution in [-0.2, 0) is 13.0 Å². The fourth-order valence-corrected chi connectivity index (χ4v) is 3.06. The fourth-order valence-electron chi connectivity index (χ4n) is 3.06. The quantitative estimate of drug-likeness (QED) is 0.844. The van der Waals surface area contributed by atoms with Crippen molar-refractivity contribution in [1.82, 2.24) is 19.9 Å². The van der Waals surface area contributed by atoms with Gasteiger partial charge in [-0.2, -0.15) is 0 Å². The molecule has 1 aliphatic rings. The van der Waals surface area contributed by atoms with Gasteiger partial charge in [0.2, 0.25) is 0 Å². The van der Waals surface area contributed by atoms with E-state index in [1.807, 2.05) is 25.1 Å². The average molecular weight is 360 g/mol. The molecule has 1 fully saturated rings. The lowest BCUT2D eigenvalue weighted by atomic mass is 10.1. The molecule has 1 aromatic carbocycles. The van der Waals surface area contributed by atoms with Gasteiger partial charge < -0.3 is 16.0 Å². The van der Waals surface area contributed by atoms with Gasteiger partial charge in [0.05, 0.1) is 25.3 Å². The highest BCUT2D eigenvalue weighted by Crippen LogP contribution is 2.23. The van der Waals surface area contributed by atoms with Crippen molar-refractivity contribution in [3.05, 3.63) is 41.7 Å². The number of anilines is 1. The van der Waals surface area contributed by atoms with Crippen LogP contribution in [0, 0.1) is 0 Å². The van der Waals surface area contributed by atoms with Gasteiger partial charge in [0.1, 0.15) is 6.17 Å². The number of hydrogen-bond acceptors (Lipinski definition) is 4. The van der Waals surface area contributed by atoms with E-state index < -0.39 is 12.1 Å². The number of carbonyl (C=O) groups is 2. The highest BCUT2D eigenvalue weighted by molar-refractivity contribution is 5.90. The normalized spacial score (nSPS) is 19.5. The molecule has 26 heavy (non-hydrogen) atoms. The summed E-state index contributed by atoms with van der Waals surface area (Å²) >= 11 is 0. The number of alkyl halides is 1. The Hall–Kier alpha value is -2.97. The number of likely N-dealkylation sites (tertiary alicyclic amines) is 1. The summed E-state index contributed by atoms with van der Waals surface area (Å²) in [7, 11) is 0. The fraction of sp³-hybridized carbons (Fsp3) is 0.412. The number of amides is 3. The molecule has 138 valence electrons. The van der Waals surface area contributed by atoms with E-state index in [4.69, 9.17) is 5.73 Å². The number of carbonyl (C=O) groups excluding carboxylic acids is 2. The molecule has 8 nitrogen and oxygen atoms in total. The maximum Gasteiger partial charge on any atom is 0.322 e. The van der Waals surface area contributed by atoms with Crippen LogP contribution in [0.25, 0.3) is 0 Å². The van der Waals surface area contributed by atoms with Crippen LogP contribution >= 0.6 is 0 Å². The molecular weight excluding hydrogens is 339 g/mol. The standard InChI is InChI=1S/C17H21FN6O2/c1-2-11-4-3-5-13(6-11)20-17(26)24-8-12(18)7-14(24)9-23-10-15(16(19)25)21-22-23/h3-6,10,12,14H,2,7-9H2,1H3,(H2,19,25)(H,20,26)/t12-,14-/m0/s1.